The van der Waals surface area contributed by atoms with Crippen LogP contribution >= 0.6 is 24.0 Å². The summed E-state index contributed by atoms with van der Waals surface area (Å²) in [6.07, 6.45) is 2.74. The number of aliphatic imine (C=N–C) groups is 1. The van der Waals surface area contributed by atoms with Crippen molar-refractivity contribution in [1.82, 2.24) is 15.5 Å². The Bertz CT molecular complexity index is 260. The van der Waals surface area contributed by atoms with Gasteiger partial charge in [0.2, 0.25) is 0 Å². The van der Waals surface area contributed by atoms with Crippen LogP contribution in [0, 0.1) is 11.3 Å². The largest absolute Gasteiger partial charge is 0.356 e. The van der Waals surface area contributed by atoms with Crippen molar-refractivity contribution in [1.29, 1.82) is 0 Å². The van der Waals surface area contributed by atoms with Gasteiger partial charge in [-0.1, -0.05) is 13.8 Å². The van der Waals surface area contributed by atoms with Crippen molar-refractivity contribution < 1.29 is 0 Å². The molecule has 0 unspecified atom stereocenters. The molecule has 18 heavy (non-hydrogen) atoms. The van der Waals surface area contributed by atoms with Gasteiger partial charge >= 0.3 is 0 Å². The quantitative estimate of drug-likeness (QED) is 0.427. The van der Waals surface area contributed by atoms with Gasteiger partial charge in [-0.2, -0.15) is 0 Å². The summed E-state index contributed by atoms with van der Waals surface area (Å²) in [5.74, 6) is 1.81. The number of nitrogens with zero attached hydrogens (tertiary/aromatic N) is 2. The molecular weight excluding hydrogens is 339 g/mol. The molecule has 0 aromatic rings. The minimum absolute atomic E-state index is 0. The lowest BCUT2D eigenvalue weighted by Gasteiger charge is -2.29. The van der Waals surface area contributed by atoms with Crippen LogP contribution in [0.1, 0.15) is 26.7 Å². The fourth-order valence-corrected chi connectivity index (χ4v) is 2.02. The first-order valence-electron chi connectivity index (χ1n) is 6.52. The maximum atomic E-state index is 4.25. The summed E-state index contributed by atoms with van der Waals surface area (Å²) >= 11 is 0. The summed E-state index contributed by atoms with van der Waals surface area (Å²) in [5.41, 5.74) is 0.251. The second-order valence-corrected chi connectivity index (χ2v) is 6.15. The van der Waals surface area contributed by atoms with Crippen molar-refractivity contribution in [2.45, 2.75) is 26.7 Å². The molecule has 1 aliphatic carbocycles. The Kier molecular flexibility index (Phi) is 8.18. The molecule has 0 amide bonds. The lowest BCUT2D eigenvalue weighted by molar-refractivity contribution is 0.241. The van der Waals surface area contributed by atoms with E-state index in [0.717, 1.165) is 31.5 Å². The van der Waals surface area contributed by atoms with Gasteiger partial charge in [-0.15, -0.1) is 24.0 Å². The first kappa shape index (κ1) is 18.0. The summed E-state index contributed by atoms with van der Waals surface area (Å²) in [6.45, 7) is 7.62. The number of halogens is 1. The lowest BCUT2D eigenvalue weighted by Crippen LogP contribution is -2.45. The first-order valence-corrected chi connectivity index (χ1v) is 6.52. The predicted octanol–water partition coefficient (Wildman–Crippen LogP) is 1.77. The molecule has 1 saturated carbocycles. The molecule has 0 atom stereocenters. The van der Waals surface area contributed by atoms with Gasteiger partial charge < -0.3 is 15.5 Å². The van der Waals surface area contributed by atoms with Crippen LogP contribution in [0.2, 0.25) is 0 Å². The molecule has 108 valence electrons. The number of nitrogens with one attached hydrogen (secondary N) is 2. The van der Waals surface area contributed by atoms with Gasteiger partial charge in [0.1, 0.15) is 0 Å². The Balaban J connectivity index is 0.00000289. The van der Waals surface area contributed by atoms with Gasteiger partial charge in [0.25, 0.3) is 0 Å². The van der Waals surface area contributed by atoms with Gasteiger partial charge in [0.15, 0.2) is 5.96 Å². The highest BCUT2D eigenvalue weighted by Crippen LogP contribution is 2.27. The summed E-state index contributed by atoms with van der Waals surface area (Å²) < 4.78 is 0. The normalized spacial score (nSPS) is 16.4. The zero-order valence-electron chi connectivity index (χ0n) is 12.4. The maximum Gasteiger partial charge on any atom is 0.191 e. The summed E-state index contributed by atoms with van der Waals surface area (Å²) in [4.78, 5) is 6.48. The van der Waals surface area contributed by atoms with Crippen molar-refractivity contribution in [3.05, 3.63) is 0 Å². The summed E-state index contributed by atoms with van der Waals surface area (Å²) in [6, 6.07) is 0. The topological polar surface area (TPSA) is 39.7 Å². The number of rotatable bonds is 6. The average Bonchev–Trinajstić information content (AvgIpc) is 2.99. The third-order valence-corrected chi connectivity index (χ3v) is 2.96. The molecule has 0 aliphatic heterocycles. The van der Waals surface area contributed by atoms with E-state index in [1.165, 1.54) is 12.8 Å². The number of hydrogen-bond acceptors (Lipinski definition) is 2. The van der Waals surface area contributed by atoms with Crippen molar-refractivity contribution in [2.24, 2.45) is 16.3 Å². The zero-order chi connectivity index (χ0) is 12.9. The van der Waals surface area contributed by atoms with Crippen LogP contribution in [0.5, 0.6) is 0 Å². The molecule has 0 heterocycles. The van der Waals surface area contributed by atoms with E-state index in [0.29, 0.717) is 0 Å². The fraction of sp³-hybridized carbons (Fsp3) is 0.923. The Morgan fingerprint density at radius 3 is 2.33 bits per heavy atom. The van der Waals surface area contributed by atoms with Crippen LogP contribution in [0.3, 0.4) is 0 Å². The number of hydrogen-bond donors (Lipinski definition) is 2. The van der Waals surface area contributed by atoms with Crippen LogP contribution in [0.15, 0.2) is 4.99 Å². The van der Waals surface area contributed by atoms with Crippen LogP contribution in [-0.2, 0) is 0 Å². The van der Waals surface area contributed by atoms with Gasteiger partial charge in [-0.05, 0) is 38.3 Å². The minimum atomic E-state index is 0. The van der Waals surface area contributed by atoms with Crippen LogP contribution in [0.4, 0.5) is 0 Å². The Labute approximate surface area is 129 Å². The molecule has 0 spiro atoms. The van der Waals surface area contributed by atoms with Crippen molar-refractivity contribution in [3.8, 4) is 0 Å². The zero-order valence-corrected chi connectivity index (χ0v) is 14.7. The molecule has 1 rings (SSSR count). The smallest absolute Gasteiger partial charge is 0.191 e. The van der Waals surface area contributed by atoms with Gasteiger partial charge in [-0.3, -0.25) is 4.99 Å². The Hall–Kier alpha value is -0.0400. The van der Waals surface area contributed by atoms with Gasteiger partial charge in [-0.25, -0.2) is 0 Å². The third kappa shape index (κ3) is 8.13. The van der Waals surface area contributed by atoms with E-state index in [-0.39, 0.29) is 29.4 Å². The van der Waals surface area contributed by atoms with E-state index < -0.39 is 0 Å². The molecule has 4 nitrogen and oxygen atoms in total. The highest BCUT2D eigenvalue weighted by atomic mass is 127. The maximum absolute atomic E-state index is 4.25. The minimum Gasteiger partial charge on any atom is -0.356 e. The monoisotopic (exact) mass is 368 g/mol. The SMILES string of the molecule is CN=C(NCC1CC1)NCC(C)(C)CN(C)C.I. The van der Waals surface area contributed by atoms with E-state index in [9.17, 15) is 0 Å². The molecule has 1 fully saturated rings. The molecular formula is C13H29IN4. The summed E-state index contributed by atoms with van der Waals surface area (Å²) in [7, 11) is 6.06. The molecule has 2 N–H and O–H groups in total. The summed E-state index contributed by atoms with van der Waals surface area (Å²) in [5, 5.41) is 6.79. The van der Waals surface area contributed by atoms with Crippen LogP contribution < -0.4 is 10.6 Å². The molecule has 0 bridgehead atoms. The third-order valence-electron chi connectivity index (χ3n) is 2.96. The van der Waals surface area contributed by atoms with Crippen LogP contribution in [-0.4, -0.2) is 51.6 Å². The van der Waals surface area contributed by atoms with Crippen molar-refractivity contribution >= 4 is 29.9 Å². The van der Waals surface area contributed by atoms with E-state index >= 15 is 0 Å². The van der Waals surface area contributed by atoms with E-state index in [2.05, 4.69) is 48.5 Å². The average molecular weight is 368 g/mol. The highest BCUT2D eigenvalue weighted by Gasteiger charge is 2.22. The van der Waals surface area contributed by atoms with E-state index in [4.69, 9.17) is 0 Å². The standard InChI is InChI=1S/C13H28N4.HI/c1-13(2,10-17(4)5)9-16-12(14-3)15-8-11-6-7-11;/h11H,6-10H2,1-5H3,(H2,14,15,16);1H. The predicted molar refractivity (Wildman–Crippen MR) is 89.8 cm³/mol. The van der Waals surface area contributed by atoms with E-state index in [1.807, 2.05) is 7.05 Å². The molecule has 0 radical (unpaired) electrons. The molecule has 0 aromatic heterocycles. The fourth-order valence-electron chi connectivity index (χ4n) is 2.02. The molecule has 0 saturated heterocycles. The van der Waals surface area contributed by atoms with Crippen molar-refractivity contribution in [2.75, 3.05) is 40.8 Å². The Morgan fingerprint density at radius 1 is 1.28 bits per heavy atom. The molecule has 1 aliphatic rings. The second kappa shape index (κ2) is 8.19. The number of guanidine groups is 1. The molecule has 5 heteroatoms. The van der Waals surface area contributed by atoms with Gasteiger partial charge in [0.05, 0.1) is 0 Å². The molecule has 0 aromatic carbocycles. The van der Waals surface area contributed by atoms with Crippen LogP contribution in [0.25, 0.3) is 0 Å². The lowest BCUT2D eigenvalue weighted by atomic mass is 9.93. The first-order chi connectivity index (χ1) is 7.93. The van der Waals surface area contributed by atoms with E-state index in [1.54, 1.807) is 0 Å². The van der Waals surface area contributed by atoms with Crippen molar-refractivity contribution in [3.63, 3.8) is 0 Å². The Morgan fingerprint density at radius 2 is 1.89 bits per heavy atom. The highest BCUT2D eigenvalue weighted by molar-refractivity contribution is 14.0. The second-order valence-electron chi connectivity index (χ2n) is 6.15. The van der Waals surface area contributed by atoms with Gasteiger partial charge in [0, 0.05) is 26.7 Å².